The van der Waals surface area contributed by atoms with Gasteiger partial charge in [-0.05, 0) is 26.3 Å². The van der Waals surface area contributed by atoms with Crippen LogP contribution in [-0.2, 0) is 35.1 Å². The van der Waals surface area contributed by atoms with Gasteiger partial charge < -0.3 is 18.9 Å². The molecule has 2 aliphatic heterocycles. The molecule has 12 heteroatoms. The predicted molar refractivity (Wildman–Crippen MR) is 119 cm³/mol. The normalized spacial score (nSPS) is 26.1. The molecule has 4 heterocycles. The van der Waals surface area contributed by atoms with Crippen LogP contribution in [0.15, 0.2) is 36.7 Å². The quantitative estimate of drug-likeness (QED) is 0.455. The molecule has 0 spiro atoms. The maximum atomic E-state index is 11.5. The Balaban J connectivity index is 1.45. The number of aryl methyl sites for hydroxylation is 1. The van der Waals surface area contributed by atoms with Crippen LogP contribution >= 0.6 is 0 Å². The van der Waals surface area contributed by atoms with Crippen molar-refractivity contribution in [1.82, 2.24) is 19.5 Å². The Kier molecular flexibility index (Phi) is 5.81. The van der Waals surface area contributed by atoms with Crippen molar-refractivity contribution in [3.63, 3.8) is 0 Å². The molecule has 4 unspecified atom stereocenters. The maximum absolute atomic E-state index is 11.5. The van der Waals surface area contributed by atoms with Crippen LogP contribution in [0.3, 0.4) is 0 Å². The number of nitrogens with zero attached hydrogens (tertiary/aromatic N) is 4. The van der Waals surface area contributed by atoms with E-state index in [0.29, 0.717) is 29.5 Å². The smallest absolute Gasteiger partial charge is 0.264 e. The van der Waals surface area contributed by atoms with Gasteiger partial charge in [0, 0.05) is 0 Å². The minimum Gasteiger partial charge on any atom is -0.471 e. The van der Waals surface area contributed by atoms with Gasteiger partial charge in [0.15, 0.2) is 23.2 Å². The predicted octanol–water partition coefficient (Wildman–Crippen LogP) is 2.11. The highest BCUT2D eigenvalue weighted by molar-refractivity contribution is 7.85. The molecule has 3 aromatic rings. The van der Waals surface area contributed by atoms with Crippen LogP contribution in [0, 0.1) is 6.92 Å². The molecule has 5 rings (SSSR count). The number of rotatable bonds is 7. The molecule has 2 saturated heterocycles. The first-order chi connectivity index (χ1) is 16.1. The Bertz CT molecular complexity index is 1300. The lowest BCUT2D eigenvalue weighted by Gasteiger charge is -2.24. The second-order valence-corrected chi connectivity index (χ2v) is 10.4. The molecule has 0 amide bonds. The SMILES string of the molecule is Cc1nc(OCc2ccccc2)c2ncn(C3OC(COS(C)(=O)=O)C4OC(C)(C)OC43)c2n1. The topological polar surface area (TPSA) is 124 Å². The second kappa shape index (κ2) is 8.54. The third-order valence-electron chi connectivity index (χ3n) is 5.57. The zero-order valence-electron chi connectivity index (χ0n) is 19.2. The van der Waals surface area contributed by atoms with E-state index in [-0.39, 0.29) is 6.61 Å². The monoisotopic (exact) mass is 490 g/mol. The Labute approximate surface area is 197 Å². The number of hydrogen-bond donors (Lipinski definition) is 0. The van der Waals surface area contributed by atoms with Crippen molar-refractivity contribution < 1.29 is 31.5 Å². The molecule has 2 fully saturated rings. The summed E-state index contributed by atoms with van der Waals surface area (Å²) in [5.41, 5.74) is 1.99. The van der Waals surface area contributed by atoms with Gasteiger partial charge in [-0.2, -0.15) is 13.4 Å². The molecule has 0 radical (unpaired) electrons. The van der Waals surface area contributed by atoms with Gasteiger partial charge in [0.2, 0.25) is 5.88 Å². The zero-order chi connectivity index (χ0) is 24.1. The summed E-state index contributed by atoms with van der Waals surface area (Å²) in [7, 11) is -3.65. The maximum Gasteiger partial charge on any atom is 0.264 e. The highest BCUT2D eigenvalue weighted by Gasteiger charge is 2.56. The molecule has 0 N–H and O–H groups in total. The molecule has 34 heavy (non-hydrogen) atoms. The number of imidazole rings is 1. The first-order valence-corrected chi connectivity index (χ1v) is 12.6. The second-order valence-electron chi connectivity index (χ2n) is 8.79. The fourth-order valence-corrected chi connectivity index (χ4v) is 4.60. The van der Waals surface area contributed by atoms with Crippen LogP contribution in [0.2, 0.25) is 0 Å². The van der Waals surface area contributed by atoms with Crippen LogP contribution in [0.25, 0.3) is 11.2 Å². The van der Waals surface area contributed by atoms with Crippen molar-refractivity contribution >= 4 is 21.3 Å². The molecule has 2 aliphatic rings. The lowest BCUT2D eigenvalue weighted by Crippen LogP contribution is -2.33. The van der Waals surface area contributed by atoms with E-state index in [9.17, 15) is 8.42 Å². The van der Waals surface area contributed by atoms with Gasteiger partial charge in [0.1, 0.15) is 30.7 Å². The van der Waals surface area contributed by atoms with Crippen LogP contribution in [0.4, 0.5) is 0 Å². The summed E-state index contributed by atoms with van der Waals surface area (Å²) in [4.78, 5) is 13.5. The fourth-order valence-electron chi connectivity index (χ4n) is 4.22. The largest absolute Gasteiger partial charge is 0.471 e. The molecular weight excluding hydrogens is 464 g/mol. The van der Waals surface area contributed by atoms with Gasteiger partial charge in [0.05, 0.1) is 19.2 Å². The van der Waals surface area contributed by atoms with E-state index in [2.05, 4.69) is 15.0 Å². The first kappa shape index (κ1) is 23.1. The summed E-state index contributed by atoms with van der Waals surface area (Å²) in [6.07, 6.45) is 0.194. The summed E-state index contributed by atoms with van der Waals surface area (Å²) in [5, 5.41) is 0. The van der Waals surface area contributed by atoms with E-state index in [0.717, 1.165) is 11.8 Å². The van der Waals surface area contributed by atoms with Gasteiger partial charge in [-0.1, -0.05) is 30.3 Å². The Hall–Kier alpha value is -2.64. The fraction of sp³-hybridized carbons (Fsp3) is 0.500. The Morgan fingerprint density at radius 1 is 1.12 bits per heavy atom. The number of fused-ring (bicyclic) bond motifs is 2. The van der Waals surface area contributed by atoms with E-state index >= 15 is 0 Å². The van der Waals surface area contributed by atoms with E-state index in [4.69, 9.17) is 23.1 Å². The van der Waals surface area contributed by atoms with E-state index in [1.807, 2.05) is 30.3 Å². The molecule has 0 saturated carbocycles. The molecular formula is C22H26N4O7S. The number of ether oxygens (including phenoxy) is 4. The van der Waals surface area contributed by atoms with Crippen molar-refractivity contribution in [2.75, 3.05) is 12.9 Å². The number of benzene rings is 1. The van der Waals surface area contributed by atoms with E-state index in [1.165, 1.54) is 0 Å². The van der Waals surface area contributed by atoms with Crippen LogP contribution < -0.4 is 4.74 Å². The van der Waals surface area contributed by atoms with Crippen molar-refractivity contribution in [2.24, 2.45) is 0 Å². The molecule has 11 nitrogen and oxygen atoms in total. The minimum atomic E-state index is -3.65. The highest BCUT2D eigenvalue weighted by atomic mass is 32.2. The van der Waals surface area contributed by atoms with Crippen LogP contribution in [-0.4, -0.2) is 64.9 Å². The average molecular weight is 491 g/mol. The standard InChI is InChI=1S/C22H26N4O7S/c1-13-24-19-16(20(25-13)29-10-14-8-6-5-7-9-14)23-12-26(19)21-18-17(32-22(2,3)33-18)15(31-21)11-30-34(4,27)28/h5-9,12,15,17-18,21H,10-11H2,1-4H3. The number of aromatic nitrogens is 4. The molecule has 2 aromatic heterocycles. The summed E-state index contributed by atoms with van der Waals surface area (Å²) >= 11 is 0. The van der Waals surface area contributed by atoms with Gasteiger partial charge in [0.25, 0.3) is 10.1 Å². The Morgan fingerprint density at radius 3 is 2.59 bits per heavy atom. The van der Waals surface area contributed by atoms with E-state index in [1.54, 1.807) is 31.7 Å². The summed E-state index contributed by atoms with van der Waals surface area (Å²) < 4.78 is 54.1. The minimum absolute atomic E-state index is 0.192. The van der Waals surface area contributed by atoms with Crippen molar-refractivity contribution in [3.8, 4) is 5.88 Å². The molecule has 4 atom stereocenters. The van der Waals surface area contributed by atoms with Crippen LogP contribution in [0.5, 0.6) is 5.88 Å². The van der Waals surface area contributed by atoms with Gasteiger partial charge >= 0.3 is 0 Å². The van der Waals surface area contributed by atoms with Crippen molar-refractivity contribution in [3.05, 3.63) is 48.0 Å². The third kappa shape index (κ3) is 4.64. The highest BCUT2D eigenvalue weighted by Crippen LogP contribution is 2.44. The van der Waals surface area contributed by atoms with Gasteiger partial charge in [-0.15, -0.1) is 0 Å². The summed E-state index contributed by atoms with van der Waals surface area (Å²) in [6, 6.07) is 9.76. The van der Waals surface area contributed by atoms with E-state index < -0.39 is 40.4 Å². The van der Waals surface area contributed by atoms with Crippen molar-refractivity contribution in [2.45, 2.75) is 57.7 Å². The molecule has 182 valence electrons. The van der Waals surface area contributed by atoms with Gasteiger partial charge in [-0.3, -0.25) is 8.75 Å². The zero-order valence-corrected chi connectivity index (χ0v) is 20.1. The average Bonchev–Trinajstić information content (AvgIpc) is 3.41. The number of hydrogen-bond acceptors (Lipinski definition) is 10. The first-order valence-electron chi connectivity index (χ1n) is 10.8. The molecule has 1 aromatic carbocycles. The lowest BCUT2D eigenvalue weighted by molar-refractivity contribution is -0.198. The third-order valence-corrected chi connectivity index (χ3v) is 6.13. The lowest BCUT2D eigenvalue weighted by atomic mass is 10.1. The Morgan fingerprint density at radius 2 is 1.85 bits per heavy atom. The van der Waals surface area contributed by atoms with Crippen LogP contribution in [0.1, 0.15) is 31.5 Å². The summed E-state index contributed by atoms with van der Waals surface area (Å²) in [5.74, 6) is -0.000336. The summed E-state index contributed by atoms with van der Waals surface area (Å²) in [6.45, 7) is 5.50. The van der Waals surface area contributed by atoms with Crippen molar-refractivity contribution in [1.29, 1.82) is 0 Å². The molecule has 0 aliphatic carbocycles. The molecule has 0 bridgehead atoms. The van der Waals surface area contributed by atoms with Gasteiger partial charge in [-0.25, -0.2) is 9.97 Å².